The Morgan fingerprint density at radius 2 is 2.00 bits per heavy atom. The largest absolute Gasteiger partial charge is 0.506 e. The molecule has 80 valence electrons. The normalized spacial score (nSPS) is 11.9. The van der Waals surface area contributed by atoms with Crippen LogP contribution in [0.2, 0.25) is 5.02 Å². The fraction of sp³-hybridized carbons (Fsp3) is 0.200. The Kier molecular flexibility index (Phi) is 3.68. The minimum atomic E-state index is -1.48. The molecule has 1 atom stereocenters. The Balaban J connectivity index is 2.85. The summed E-state index contributed by atoms with van der Waals surface area (Å²) in [6.45, 7) is 1.36. The number of carbonyl (C=O) groups excluding carboxylic acids is 1. The molecular formula is C10H9ClO4. The van der Waals surface area contributed by atoms with Gasteiger partial charge in [-0.25, -0.2) is 4.79 Å². The van der Waals surface area contributed by atoms with E-state index in [1.807, 2.05) is 0 Å². The zero-order valence-corrected chi connectivity index (χ0v) is 8.69. The maximum atomic E-state index is 11.6. The lowest BCUT2D eigenvalue weighted by atomic mass is 10.1. The number of rotatable bonds is 3. The maximum absolute atomic E-state index is 11.6. The number of carbonyl (C=O) groups is 2. The summed E-state index contributed by atoms with van der Waals surface area (Å²) >= 11 is 5.78. The van der Waals surface area contributed by atoms with Gasteiger partial charge in [-0.1, -0.05) is 23.7 Å². The molecule has 1 aromatic carbocycles. The number of ether oxygens (including phenoxy) is 1. The number of carboxylic acid groups (broad SMARTS) is 1. The molecule has 0 fully saturated rings. The summed E-state index contributed by atoms with van der Waals surface area (Å²) in [5.41, 5.74) is 0.257. The summed E-state index contributed by atoms with van der Waals surface area (Å²) < 4.78 is 4.33. The molecule has 1 unspecified atom stereocenters. The monoisotopic (exact) mass is 228 g/mol. The zero-order valence-electron chi connectivity index (χ0n) is 7.94. The molecule has 4 nitrogen and oxygen atoms in total. The summed E-state index contributed by atoms with van der Waals surface area (Å²) in [5.74, 6) is -0.456. The van der Waals surface area contributed by atoms with Gasteiger partial charge in [-0.05, 0) is 19.1 Å². The molecule has 0 heterocycles. The molecule has 0 saturated carbocycles. The van der Waals surface area contributed by atoms with Gasteiger partial charge >= 0.3 is 6.16 Å². The van der Waals surface area contributed by atoms with Crippen molar-refractivity contribution >= 4 is 23.5 Å². The molecule has 5 heteroatoms. The first-order valence-corrected chi connectivity index (χ1v) is 4.58. The van der Waals surface area contributed by atoms with E-state index < -0.39 is 18.0 Å². The van der Waals surface area contributed by atoms with Crippen LogP contribution in [-0.2, 0) is 4.74 Å². The Hall–Kier alpha value is -1.55. The number of Topliss-reactive ketones (excluding diaryl/α,β-unsaturated/α-hetero) is 1. The minimum Gasteiger partial charge on any atom is -0.450 e. The van der Waals surface area contributed by atoms with Crippen LogP contribution in [0.25, 0.3) is 0 Å². The lowest BCUT2D eigenvalue weighted by Crippen LogP contribution is -2.23. The summed E-state index contributed by atoms with van der Waals surface area (Å²) in [5, 5.41) is 8.62. The molecule has 1 rings (SSSR count). The van der Waals surface area contributed by atoms with Gasteiger partial charge in [0.25, 0.3) is 0 Å². The van der Waals surface area contributed by atoms with E-state index in [0.717, 1.165) is 0 Å². The van der Waals surface area contributed by atoms with E-state index >= 15 is 0 Å². The van der Waals surface area contributed by atoms with Crippen LogP contribution in [0.5, 0.6) is 0 Å². The molecule has 0 aliphatic heterocycles. The number of hydrogen-bond acceptors (Lipinski definition) is 3. The number of halogens is 1. The topological polar surface area (TPSA) is 63.6 Å². The average Bonchev–Trinajstić information content (AvgIpc) is 2.16. The molecule has 0 radical (unpaired) electrons. The van der Waals surface area contributed by atoms with Crippen LogP contribution in [0.3, 0.4) is 0 Å². The fourth-order valence-electron chi connectivity index (χ4n) is 1.08. The van der Waals surface area contributed by atoms with Crippen molar-refractivity contribution in [1.29, 1.82) is 0 Å². The molecule has 15 heavy (non-hydrogen) atoms. The highest BCUT2D eigenvalue weighted by Gasteiger charge is 2.20. The predicted octanol–water partition coefficient (Wildman–Crippen LogP) is 2.61. The number of ketones is 1. The average molecular weight is 229 g/mol. The second-order valence-electron chi connectivity index (χ2n) is 2.87. The number of hydrogen-bond donors (Lipinski definition) is 1. The van der Waals surface area contributed by atoms with Crippen LogP contribution in [0.15, 0.2) is 24.3 Å². The smallest absolute Gasteiger partial charge is 0.450 e. The molecule has 1 aromatic rings. The molecule has 0 aliphatic carbocycles. The summed E-state index contributed by atoms with van der Waals surface area (Å²) in [6, 6.07) is 6.41. The molecular weight excluding hydrogens is 220 g/mol. The van der Waals surface area contributed by atoms with Crippen LogP contribution in [0.4, 0.5) is 4.79 Å². The third-order valence-electron chi connectivity index (χ3n) is 1.79. The number of benzene rings is 1. The summed E-state index contributed by atoms with van der Waals surface area (Å²) in [6.07, 6.45) is -2.54. The Bertz CT molecular complexity index is 389. The van der Waals surface area contributed by atoms with Gasteiger partial charge in [-0.2, -0.15) is 0 Å². The highest BCUT2D eigenvalue weighted by Crippen LogP contribution is 2.17. The van der Waals surface area contributed by atoms with Crippen molar-refractivity contribution in [3.05, 3.63) is 34.9 Å². The van der Waals surface area contributed by atoms with Crippen LogP contribution in [0.1, 0.15) is 17.3 Å². The van der Waals surface area contributed by atoms with Crippen molar-refractivity contribution in [1.82, 2.24) is 0 Å². The predicted molar refractivity (Wildman–Crippen MR) is 54.4 cm³/mol. The van der Waals surface area contributed by atoms with Crippen LogP contribution in [0, 0.1) is 0 Å². The summed E-state index contributed by atoms with van der Waals surface area (Å²) in [4.78, 5) is 21.9. The minimum absolute atomic E-state index is 0.257. The van der Waals surface area contributed by atoms with Gasteiger partial charge in [0, 0.05) is 5.56 Å². The lowest BCUT2D eigenvalue weighted by Gasteiger charge is -2.10. The van der Waals surface area contributed by atoms with Crippen LogP contribution >= 0.6 is 11.6 Å². The molecule has 0 bridgehead atoms. The van der Waals surface area contributed by atoms with Gasteiger partial charge in [0.15, 0.2) is 6.10 Å². The van der Waals surface area contributed by atoms with Crippen LogP contribution in [-0.4, -0.2) is 23.1 Å². The fourth-order valence-corrected chi connectivity index (χ4v) is 1.31. The van der Waals surface area contributed by atoms with Crippen molar-refractivity contribution in [2.45, 2.75) is 13.0 Å². The Morgan fingerprint density at radius 1 is 1.40 bits per heavy atom. The zero-order chi connectivity index (χ0) is 11.4. The third kappa shape index (κ3) is 2.95. The molecule has 1 N–H and O–H groups in total. The van der Waals surface area contributed by atoms with E-state index in [1.165, 1.54) is 13.0 Å². The first kappa shape index (κ1) is 11.5. The van der Waals surface area contributed by atoms with Crippen molar-refractivity contribution < 1.29 is 19.4 Å². The van der Waals surface area contributed by atoms with E-state index in [2.05, 4.69) is 4.74 Å². The van der Waals surface area contributed by atoms with Gasteiger partial charge in [0.2, 0.25) is 5.78 Å². The summed E-state index contributed by atoms with van der Waals surface area (Å²) in [7, 11) is 0. The van der Waals surface area contributed by atoms with Gasteiger partial charge in [0.05, 0.1) is 5.02 Å². The van der Waals surface area contributed by atoms with E-state index in [0.29, 0.717) is 0 Å². The van der Waals surface area contributed by atoms with Gasteiger partial charge in [0.1, 0.15) is 0 Å². The standard InChI is InChI=1S/C10H9ClO4/c1-6(15-10(13)14)9(12)7-4-2-3-5-8(7)11/h2-6H,1H3,(H,13,14). The highest BCUT2D eigenvalue weighted by molar-refractivity contribution is 6.34. The lowest BCUT2D eigenvalue weighted by molar-refractivity contribution is 0.0473. The van der Waals surface area contributed by atoms with Gasteiger partial charge in [-0.15, -0.1) is 0 Å². The van der Waals surface area contributed by atoms with E-state index in [1.54, 1.807) is 18.2 Å². The molecule has 0 saturated heterocycles. The molecule has 0 spiro atoms. The van der Waals surface area contributed by atoms with Crippen molar-refractivity contribution in [2.24, 2.45) is 0 Å². The molecule has 0 aliphatic rings. The van der Waals surface area contributed by atoms with E-state index in [4.69, 9.17) is 16.7 Å². The quantitative estimate of drug-likeness (QED) is 0.638. The maximum Gasteiger partial charge on any atom is 0.506 e. The SMILES string of the molecule is CC(OC(=O)O)C(=O)c1ccccc1Cl. The first-order valence-electron chi connectivity index (χ1n) is 4.20. The second-order valence-corrected chi connectivity index (χ2v) is 3.28. The second kappa shape index (κ2) is 4.79. The molecule has 0 aromatic heterocycles. The van der Waals surface area contributed by atoms with Crippen molar-refractivity contribution in [3.63, 3.8) is 0 Å². The molecule has 0 amide bonds. The van der Waals surface area contributed by atoms with Gasteiger partial charge < -0.3 is 9.84 Å². The van der Waals surface area contributed by atoms with Crippen molar-refractivity contribution in [3.8, 4) is 0 Å². The first-order chi connectivity index (χ1) is 7.02. The van der Waals surface area contributed by atoms with E-state index in [-0.39, 0.29) is 10.6 Å². The van der Waals surface area contributed by atoms with Crippen molar-refractivity contribution in [2.75, 3.05) is 0 Å². The van der Waals surface area contributed by atoms with Crippen LogP contribution < -0.4 is 0 Å². The third-order valence-corrected chi connectivity index (χ3v) is 2.12. The van der Waals surface area contributed by atoms with E-state index in [9.17, 15) is 9.59 Å². The Labute approximate surface area is 91.4 Å². The highest BCUT2D eigenvalue weighted by atomic mass is 35.5. The van der Waals surface area contributed by atoms with Gasteiger partial charge in [-0.3, -0.25) is 4.79 Å². The Morgan fingerprint density at radius 3 is 2.53 bits per heavy atom.